The third kappa shape index (κ3) is 4.92. The molecule has 1 amide bonds. The van der Waals surface area contributed by atoms with Crippen LogP contribution in [0.25, 0.3) is 22.3 Å². The van der Waals surface area contributed by atoms with Crippen LogP contribution < -0.4 is 19.6 Å². The van der Waals surface area contributed by atoms with Crippen LogP contribution in [0.3, 0.4) is 0 Å². The number of ether oxygens (including phenoxy) is 3. The average molecular weight is 524 g/mol. The molecule has 1 aromatic heterocycles. The second kappa shape index (κ2) is 10.0. The minimum absolute atomic E-state index is 0.114. The number of benzene rings is 3. The number of carbonyl (C=O) groups excluding carboxylic acids is 1. The molecule has 0 N–H and O–H groups in total. The van der Waals surface area contributed by atoms with Crippen LogP contribution in [-0.2, 0) is 6.61 Å². The van der Waals surface area contributed by atoms with Crippen LogP contribution in [0.5, 0.6) is 17.2 Å². The third-order valence-corrected chi connectivity index (χ3v) is 5.52. The molecule has 8 heteroatoms. The number of methoxy groups -OCH3 is 1. The lowest BCUT2D eigenvalue weighted by Gasteiger charge is -2.15. The van der Waals surface area contributed by atoms with Gasteiger partial charge in [-0.05, 0) is 42.0 Å². The summed E-state index contributed by atoms with van der Waals surface area (Å²) < 4.78 is 23.6. The summed E-state index contributed by atoms with van der Waals surface area (Å²) in [6.45, 7) is 0.363. The molecule has 0 atom stereocenters. The van der Waals surface area contributed by atoms with Crippen LogP contribution >= 0.6 is 15.9 Å². The van der Waals surface area contributed by atoms with E-state index in [1.165, 1.54) is 26.1 Å². The highest BCUT2D eigenvalue weighted by Gasteiger charge is 2.22. The van der Waals surface area contributed by atoms with E-state index in [-0.39, 0.29) is 16.9 Å². The smallest absolute Gasteiger partial charge is 0.414 e. The molecule has 0 aliphatic rings. The van der Waals surface area contributed by atoms with Crippen LogP contribution in [0.4, 0.5) is 4.79 Å². The van der Waals surface area contributed by atoms with E-state index in [0.29, 0.717) is 33.7 Å². The molecule has 7 nitrogen and oxygen atoms in total. The van der Waals surface area contributed by atoms with Gasteiger partial charge in [0.15, 0.2) is 17.3 Å². The first-order valence-electron chi connectivity index (χ1n) is 10.4. The van der Waals surface area contributed by atoms with Crippen LogP contribution in [0.2, 0.25) is 0 Å². The summed E-state index contributed by atoms with van der Waals surface area (Å²) in [5, 5.41) is 0.287. The molecular weight excluding hydrogens is 502 g/mol. The van der Waals surface area contributed by atoms with Gasteiger partial charge in [-0.1, -0.05) is 46.3 Å². The van der Waals surface area contributed by atoms with Crippen molar-refractivity contribution in [3.63, 3.8) is 0 Å². The number of hydrogen-bond acceptors (Lipinski definition) is 6. The van der Waals surface area contributed by atoms with Crippen molar-refractivity contribution in [1.29, 1.82) is 0 Å². The second-order valence-electron chi connectivity index (χ2n) is 7.63. The molecule has 0 fully saturated rings. The Hall–Kier alpha value is -3.78. The summed E-state index contributed by atoms with van der Waals surface area (Å²) in [5.74, 6) is 0.873. The van der Waals surface area contributed by atoms with Crippen molar-refractivity contribution in [2.45, 2.75) is 6.61 Å². The first-order chi connectivity index (χ1) is 16.4. The number of halogens is 1. The van der Waals surface area contributed by atoms with Crippen molar-refractivity contribution in [2.24, 2.45) is 0 Å². The Morgan fingerprint density at radius 3 is 2.47 bits per heavy atom. The normalized spacial score (nSPS) is 10.7. The van der Waals surface area contributed by atoms with E-state index in [2.05, 4.69) is 15.9 Å². The Bertz CT molecular complexity index is 1400. The van der Waals surface area contributed by atoms with Crippen LogP contribution in [0.1, 0.15) is 5.56 Å². The first-order valence-corrected chi connectivity index (χ1v) is 11.2. The maximum absolute atomic E-state index is 13.3. The van der Waals surface area contributed by atoms with Gasteiger partial charge in [0.05, 0.1) is 12.5 Å². The van der Waals surface area contributed by atoms with Gasteiger partial charge < -0.3 is 23.5 Å². The highest BCUT2D eigenvalue weighted by atomic mass is 79.9. The molecule has 34 heavy (non-hydrogen) atoms. The quantitative estimate of drug-likeness (QED) is 0.314. The molecule has 174 valence electrons. The minimum Gasteiger partial charge on any atom is -0.493 e. The number of nitrogens with zero attached hydrogens (tertiary/aromatic N) is 1. The highest BCUT2D eigenvalue weighted by Crippen LogP contribution is 2.37. The van der Waals surface area contributed by atoms with Gasteiger partial charge in [-0.15, -0.1) is 0 Å². The number of fused-ring (bicyclic) bond motifs is 1. The molecule has 4 aromatic rings. The van der Waals surface area contributed by atoms with Crippen molar-refractivity contribution >= 4 is 33.0 Å². The SMILES string of the molecule is COc1cc(-c2oc3ccc(Br)cc3c(=O)c2OC(=O)N(C)C)ccc1OCc1ccccc1. The maximum Gasteiger partial charge on any atom is 0.414 e. The van der Waals surface area contributed by atoms with Gasteiger partial charge in [-0.3, -0.25) is 4.79 Å². The zero-order valence-electron chi connectivity index (χ0n) is 18.8. The molecule has 0 saturated carbocycles. The van der Waals surface area contributed by atoms with Crippen molar-refractivity contribution in [3.05, 3.63) is 87.0 Å². The topological polar surface area (TPSA) is 78.2 Å². The predicted molar refractivity (Wildman–Crippen MR) is 133 cm³/mol. The van der Waals surface area contributed by atoms with Crippen LogP contribution in [-0.4, -0.2) is 32.2 Å². The van der Waals surface area contributed by atoms with Crippen LogP contribution in [0, 0.1) is 0 Å². The molecule has 0 unspecified atom stereocenters. The van der Waals surface area contributed by atoms with Gasteiger partial charge in [0, 0.05) is 24.1 Å². The van der Waals surface area contributed by atoms with Gasteiger partial charge in [0.2, 0.25) is 11.2 Å². The molecule has 0 aliphatic heterocycles. The monoisotopic (exact) mass is 523 g/mol. The summed E-state index contributed by atoms with van der Waals surface area (Å²) in [7, 11) is 4.59. The van der Waals surface area contributed by atoms with Crippen LogP contribution in [0.15, 0.2) is 80.4 Å². The van der Waals surface area contributed by atoms with E-state index >= 15 is 0 Å². The van der Waals surface area contributed by atoms with E-state index in [4.69, 9.17) is 18.6 Å². The molecule has 4 rings (SSSR count). The van der Waals surface area contributed by atoms with E-state index < -0.39 is 11.5 Å². The lowest BCUT2D eigenvalue weighted by Crippen LogP contribution is -2.27. The largest absolute Gasteiger partial charge is 0.493 e. The zero-order valence-corrected chi connectivity index (χ0v) is 20.4. The van der Waals surface area contributed by atoms with Gasteiger partial charge in [-0.25, -0.2) is 4.79 Å². The predicted octanol–water partition coefficient (Wildman–Crippen LogP) is 5.87. The molecule has 0 saturated heterocycles. The fourth-order valence-electron chi connectivity index (χ4n) is 3.28. The van der Waals surface area contributed by atoms with Gasteiger partial charge in [0.1, 0.15) is 12.2 Å². The summed E-state index contributed by atoms with van der Waals surface area (Å²) in [6, 6.07) is 19.9. The Kier molecular flexibility index (Phi) is 6.88. The first kappa shape index (κ1) is 23.4. The van der Waals surface area contributed by atoms with Crippen molar-refractivity contribution in [3.8, 4) is 28.6 Å². The summed E-state index contributed by atoms with van der Waals surface area (Å²) in [6.07, 6.45) is -0.697. The van der Waals surface area contributed by atoms with Crippen molar-refractivity contribution < 1.29 is 23.4 Å². The van der Waals surface area contributed by atoms with Gasteiger partial charge in [0.25, 0.3) is 0 Å². The number of hydrogen-bond donors (Lipinski definition) is 0. The lowest BCUT2D eigenvalue weighted by molar-refractivity contribution is 0.171. The summed E-state index contributed by atoms with van der Waals surface area (Å²) in [4.78, 5) is 26.8. The Morgan fingerprint density at radius 1 is 1.00 bits per heavy atom. The second-order valence-corrected chi connectivity index (χ2v) is 8.55. The average Bonchev–Trinajstić information content (AvgIpc) is 2.85. The minimum atomic E-state index is -0.697. The molecule has 0 radical (unpaired) electrons. The van der Waals surface area contributed by atoms with E-state index in [0.717, 1.165) is 5.56 Å². The number of rotatable bonds is 6. The molecular formula is C26H22BrNO6. The summed E-state index contributed by atoms with van der Waals surface area (Å²) in [5.41, 5.74) is 1.40. The summed E-state index contributed by atoms with van der Waals surface area (Å²) >= 11 is 3.36. The number of carbonyl (C=O) groups is 1. The fourth-order valence-corrected chi connectivity index (χ4v) is 3.64. The van der Waals surface area contributed by atoms with E-state index in [9.17, 15) is 9.59 Å². The molecule has 0 spiro atoms. The Balaban J connectivity index is 1.79. The number of amides is 1. The van der Waals surface area contributed by atoms with Crippen molar-refractivity contribution in [1.82, 2.24) is 4.90 Å². The molecule has 0 bridgehead atoms. The van der Waals surface area contributed by atoms with E-state index in [1.807, 2.05) is 30.3 Å². The third-order valence-electron chi connectivity index (χ3n) is 5.03. The van der Waals surface area contributed by atoms with Gasteiger partial charge in [-0.2, -0.15) is 0 Å². The Labute approximate surface area is 204 Å². The Morgan fingerprint density at radius 2 is 1.76 bits per heavy atom. The molecule has 3 aromatic carbocycles. The highest BCUT2D eigenvalue weighted by molar-refractivity contribution is 9.10. The zero-order chi connectivity index (χ0) is 24.2. The standard InChI is InChI=1S/C26H22BrNO6/c1-28(2)26(30)34-25-23(29)19-14-18(27)10-12-20(19)33-24(25)17-9-11-21(22(13-17)31-3)32-15-16-7-5-4-6-8-16/h4-14H,15H2,1-3H3. The van der Waals surface area contributed by atoms with E-state index in [1.54, 1.807) is 36.4 Å². The lowest BCUT2D eigenvalue weighted by atomic mass is 10.1. The molecule has 0 aliphatic carbocycles. The fraction of sp³-hybridized carbons (Fsp3) is 0.154. The maximum atomic E-state index is 13.3. The van der Waals surface area contributed by atoms with Gasteiger partial charge >= 0.3 is 6.09 Å². The van der Waals surface area contributed by atoms with Crippen molar-refractivity contribution in [2.75, 3.05) is 21.2 Å². The molecule has 1 heterocycles.